The average Bonchev–Trinajstić information content (AvgIpc) is 2.57. The van der Waals surface area contributed by atoms with Crippen LogP contribution in [0.25, 0.3) is 0 Å². The molecule has 136 valence electrons. The molecule has 0 fully saturated rings. The Morgan fingerprint density at radius 3 is 2.64 bits per heavy atom. The van der Waals surface area contributed by atoms with Gasteiger partial charge in [0.15, 0.2) is 0 Å². The number of carboxylic acid groups (broad SMARTS) is 1. The maximum Gasteiger partial charge on any atom is 0.303 e. The molecule has 0 atom stereocenters. The number of carbonyl (C=O) groups is 2. The van der Waals surface area contributed by atoms with Gasteiger partial charge in [-0.15, -0.1) is 0 Å². The molecule has 6 nitrogen and oxygen atoms in total. The second-order valence-corrected chi connectivity index (χ2v) is 6.46. The molecule has 0 saturated heterocycles. The number of phenolic OH excluding ortho intramolecular Hbond substituents is 1. The fraction of sp³-hybridized carbons (Fsp3) is 0.474. The highest BCUT2D eigenvalue weighted by molar-refractivity contribution is 6.00. The number of hydrogen-bond acceptors (Lipinski definition) is 4. The molecule has 0 unspecified atom stereocenters. The van der Waals surface area contributed by atoms with Crippen LogP contribution >= 0.6 is 0 Å². The lowest BCUT2D eigenvalue weighted by atomic mass is 9.89. The number of fused-ring (bicyclic) bond motifs is 1. The number of hydrogen-bond donors (Lipinski definition) is 2. The fourth-order valence-corrected chi connectivity index (χ4v) is 3.22. The molecule has 0 saturated carbocycles. The number of methoxy groups -OCH3 is 1. The first-order valence-electron chi connectivity index (χ1n) is 8.32. The monoisotopic (exact) mass is 347 g/mol. The van der Waals surface area contributed by atoms with Crippen molar-refractivity contribution in [3.05, 3.63) is 33.9 Å². The van der Waals surface area contributed by atoms with Gasteiger partial charge in [0.05, 0.1) is 12.7 Å². The van der Waals surface area contributed by atoms with E-state index in [1.807, 2.05) is 19.9 Å². The van der Waals surface area contributed by atoms with Gasteiger partial charge in [-0.2, -0.15) is 0 Å². The van der Waals surface area contributed by atoms with Crippen LogP contribution < -0.4 is 4.74 Å². The highest BCUT2D eigenvalue weighted by Gasteiger charge is 2.30. The average molecular weight is 347 g/mol. The molecule has 0 aromatic heterocycles. The molecule has 1 amide bonds. The molecular formula is C19H25NO5. The molecular weight excluding hydrogens is 322 g/mol. The van der Waals surface area contributed by atoms with E-state index in [-0.39, 0.29) is 18.1 Å². The zero-order valence-corrected chi connectivity index (χ0v) is 15.2. The Morgan fingerprint density at radius 2 is 2.04 bits per heavy atom. The molecule has 1 heterocycles. The number of likely N-dealkylation sites (N-methyl/N-ethyl adjacent to an activating group) is 1. The van der Waals surface area contributed by atoms with E-state index in [2.05, 4.69) is 0 Å². The minimum absolute atomic E-state index is 0.0312. The summed E-state index contributed by atoms with van der Waals surface area (Å²) in [6.07, 6.45) is 3.46. The van der Waals surface area contributed by atoms with Gasteiger partial charge in [-0.05, 0) is 44.2 Å². The number of carboxylic acids is 1. The first kappa shape index (κ1) is 18.8. The van der Waals surface area contributed by atoms with Crippen molar-refractivity contribution in [2.45, 2.75) is 39.5 Å². The Hall–Kier alpha value is -2.50. The lowest BCUT2D eigenvalue weighted by molar-refractivity contribution is -0.136. The number of aromatic hydroxyl groups is 1. The third-order valence-corrected chi connectivity index (χ3v) is 4.74. The summed E-state index contributed by atoms with van der Waals surface area (Å²) >= 11 is 0. The van der Waals surface area contributed by atoms with Crippen molar-refractivity contribution in [3.8, 4) is 11.5 Å². The van der Waals surface area contributed by atoms with Gasteiger partial charge in [0.1, 0.15) is 11.5 Å². The van der Waals surface area contributed by atoms with E-state index in [9.17, 15) is 14.7 Å². The Morgan fingerprint density at radius 1 is 1.36 bits per heavy atom. The predicted octanol–water partition coefficient (Wildman–Crippen LogP) is 2.69. The van der Waals surface area contributed by atoms with Gasteiger partial charge >= 0.3 is 5.97 Å². The summed E-state index contributed by atoms with van der Waals surface area (Å²) in [4.78, 5) is 24.8. The number of benzene rings is 1. The van der Waals surface area contributed by atoms with Crippen LogP contribution in [0.2, 0.25) is 0 Å². The zero-order chi connectivity index (χ0) is 18.7. The largest absolute Gasteiger partial charge is 0.507 e. The standard InChI is InChI=1S/C19H25NO5/c1-11(6-8-15(21)22)5-7-14-17(23)16-13(12(2)18(14)25-4)9-10-20(3)19(16)24/h5,23H,6-10H2,1-4H3,(H,21,22)/b11-5+. The van der Waals surface area contributed by atoms with E-state index in [1.54, 1.807) is 19.1 Å². The zero-order valence-electron chi connectivity index (χ0n) is 15.2. The van der Waals surface area contributed by atoms with Crippen LogP contribution in [-0.4, -0.2) is 47.7 Å². The van der Waals surface area contributed by atoms with Crippen LogP contribution in [0, 0.1) is 6.92 Å². The lowest BCUT2D eigenvalue weighted by Crippen LogP contribution is -2.35. The van der Waals surface area contributed by atoms with Crippen molar-refractivity contribution in [2.24, 2.45) is 0 Å². The number of nitrogens with zero attached hydrogens (tertiary/aromatic N) is 1. The van der Waals surface area contributed by atoms with Crippen molar-refractivity contribution in [3.63, 3.8) is 0 Å². The maximum absolute atomic E-state index is 12.5. The van der Waals surface area contributed by atoms with Gasteiger partial charge in [-0.3, -0.25) is 9.59 Å². The third kappa shape index (κ3) is 3.78. The highest BCUT2D eigenvalue weighted by atomic mass is 16.5. The Labute approximate surface area is 147 Å². The summed E-state index contributed by atoms with van der Waals surface area (Å²) < 4.78 is 5.51. The number of amides is 1. The van der Waals surface area contributed by atoms with E-state index in [1.165, 1.54) is 0 Å². The van der Waals surface area contributed by atoms with Gasteiger partial charge in [0.2, 0.25) is 0 Å². The van der Waals surface area contributed by atoms with Gasteiger partial charge < -0.3 is 19.8 Å². The summed E-state index contributed by atoms with van der Waals surface area (Å²) in [5.74, 6) is -0.462. The molecule has 25 heavy (non-hydrogen) atoms. The molecule has 2 rings (SSSR count). The lowest BCUT2D eigenvalue weighted by Gasteiger charge is -2.29. The first-order valence-corrected chi connectivity index (χ1v) is 8.32. The number of aliphatic carboxylic acids is 1. The van der Waals surface area contributed by atoms with E-state index >= 15 is 0 Å². The third-order valence-electron chi connectivity index (χ3n) is 4.74. The topological polar surface area (TPSA) is 87.1 Å². The SMILES string of the molecule is COc1c(C)c2c(c(O)c1C/C=C(\C)CCC(=O)O)C(=O)N(C)CC2. The molecule has 0 radical (unpaired) electrons. The van der Waals surface area contributed by atoms with E-state index in [0.29, 0.717) is 42.7 Å². The second-order valence-electron chi connectivity index (χ2n) is 6.46. The van der Waals surface area contributed by atoms with Crippen molar-refractivity contribution in [1.29, 1.82) is 0 Å². The summed E-state index contributed by atoms with van der Waals surface area (Å²) in [5, 5.41) is 19.5. The van der Waals surface area contributed by atoms with Crippen LogP contribution in [0.3, 0.4) is 0 Å². The molecule has 2 N–H and O–H groups in total. The van der Waals surface area contributed by atoms with E-state index < -0.39 is 5.97 Å². The quantitative estimate of drug-likeness (QED) is 0.773. The number of allylic oxidation sites excluding steroid dienone is 2. The summed E-state index contributed by atoms with van der Waals surface area (Å²) in [6, 6.07) is 0. The fourth-order valence-electron chi connectivity index (χ4n) is 3.22. The molecule has 6 heteroatoms. The number of carbonyl (C=O) groups excluding carboxylic acids is 1. The molecule has 1 aromatic rings. The molecule has 1 aliphatic heterocycles. The molecule has 1 aromatic carbocycles. The Kier molecular flexibility index (Phi) is 5.72. The summed E-state index contributed by atoms with van der Waals surface area (Å²) in [7, 11) is 3.27. The van der Waals surface area contributed by atoms with E-state index in [4.69, 9.17) is 9.84 Å². The number of phenols is 1. The minimum atomic E-state index is -0.841. The summed E-state index contributed by atoms with van der Waals surface area (Å²) in [5.41, 5.74) is 3.56. The molecule has 0 bridgehead atoms. The van der Waals surface area contributed by atoms with Gasteiger partial charge in [0.25, 0.3) is 5.91 Å². The van der Waals surface area contributed by atoms with Crippen LogP contribution in [0.5, 0.6) is 11.5 Å². The maximum atomic E-state index is 12.5. The van der Waals surface area contributed by atoms with Crippen molar-refractivity contribution in [1.82, 2.24) is 4.90 Å². The van der Waals surface area contributed by atoms with Gasteiger partial charge in [-0.1, -0.05) is 11.6 Å². The summed E-state index contributed by atoms with van der Waals surface area (Å²) in [6.45, 7) is 4.37. The Balaban J connectivity index is 2.44. The molecule has 0 spiro atoms. The molecule has 1 aliphatic rings. The van der Waals surface area contributed by atoms with E-state index in [0.717, 1.165) is 16.7 Å². The normalized spacial score (nSPS) is 14.5. The molecule has 0 aliphatic carbocycles. The van der Waals surface area contributed by atoms with Gasteiger partial charge in [0, 0.05) is 25.6 Å². The first-order chi connectivity index (χ1) is 11.8. The van der Waals surface area contributed by atoms with Crippen molar-refractivity contribution < 1.29 is 24.5 Å². The van der Waals surface area contributed by atoms with Crippen molar-refractivity contribution >= 4 is 11.9 Å². The Bertz CT molecular complexity index is 736. The van der Waals surface area contributed by atoms with Crippen LogP contribution in [-0.2, 0) is 17.6 Å². The smallest absolute Gasteiger partial charge is 0.303 e. The van der Waals surface area contributed by atoms with Crippen LogP contribution in [0.1, 0.15) is 46.8 Å². The number of rotatable bonds is 6. The highest BCUT2D eigenvalue weighted by Crippen LogP contribution is 2.41. The van der Waals surface area contributed by atoms with Crippen molar-refractivity contribution in [2.75, 3.05) is 20.7 Å². The second kappa shape index (κ2) is 7.59. The van der Waals surface area contributed by atoms with Gasteiger partial charge in [-0.25, -0.2) is 0 Å². The minimum Gasteiger partial charge on any atom is -0.507 e. The van der Waals surface area contributed by atoms with Crippen LogP contribution in [0.15, 0.2) is 11.6 Å². The number of ether oxygens (including phenoxy) is 1. The van der Waals surface area contributed by atoms with Crippen LogP contribution in [0.4, 0.5) is 0 Å². The predicted molar refractivity (Wildman–Crippen MR) is 94.4 cm³/mol.